The quantitative estimate of drug-likeness (QED) is 0.664. The van der Waals surface area contributed by atoms with Gasteiger partial charge in [-0.15, -0.1) is 12.4 Å². The van der Waals surface area contributed by atoms with Gasteiger partial charge in [-0.3, -0.25) is 15.0 Å². The largest absolute Gasteiger partial charge is 0.319 e. The topological polar surface area (TPSA) is 58.4 Å². The molecule has 0 amide bonds. The fraction of sp³-hybridized carbons (Fsp3) is 0.571. The van der Waals surface area contributed by atoms with E-state index in [9.17, 15) is 10.1 Å². The molecule has 1 atom stereocenters. The van der Waals surface area contributed by atoms with Crippen molar-refractivity contribution in [3.05, 3.63) is 38.9 Å². The van der Waals surface area contributed by atoms with Gasteiger partial charge in [0, 0.05) is 29.7 Å². The average Bonchev–Trinajstić information content (AvgIpc) is 2.41. The van der Waals surface area contributed by atoms with Crippen LogP contribution in [0.25, 0.3) is 0 Å². The van der Waals surface area contributed by atoms with E-state index in [2.05, 4.69) is 10.2 Å². The van der Waals surface area contributed by atoms with Gasteiger partial charge in [0.05, 0.1) is 4.92 Å². The Labute approximate surface area is 136 Å². The van der Waals surface area contributed by atoms with Gasteiger partial charge in [-0.2, -0.15) is 0 Å². The molecular weight excluding hydrogens is 313 g/mol. The second kappa shape index (κ2) is 8.54. The van der Waals surface area contributed by atoms with Crippen LogP contribution in [0.1, 0.15) is 18.4 Å². The lowest BCUT2D eigenvalue weighted by atomic mass is 9.97. The van der Waals surface area contributed by atoms with Gasteiger partial charge in [-0.1, -0.05) is 11.6 Å². The zero-order chi connectivity index (χ0) is 14.5. The summed E-state index contributed by atoms with van der Waals surface area (Å²) in [6.45, 7) is 3.60. The van der Waals surface area contributed by atoms with Crippen molar-refractivity contribution in [2.24, 2.45) is 5.92 Å². The summed E-state index contributed by atoms with van der Waals surface area (Å²) in [6, 6.07) is 4.92. The van der Waals surface area contributed by atoms with Gasteiger partial charge in [0.2, 0.25) is 0 Å². The molecule has 0 spiro atoms. The zero-order valence-corrected chi connectivity index (χ0v) is 13.6. The fourth-order valence-corrected chi connectivity index (χ4v) is 3.00. The van der Waals surface area contributed by atoms with E-state index in [0.717, 1.165) is 31.6 Å². The molecule has 1 unspecified atom stereocenters. The van der Waals surface area contributed by atoms with E-state index in [1.54, 1.807) is 12.1 Å². The van der Waals surface area contributed by atoms with Crippen molar-refractivity contribution in [2.75, 3.05) is 26.7 Å². The van der Waals surface area contributed by atoms with Crippen LogP contribution in [0.2, 0.25) is 5.02 Å². The molecular formula is C14H21Cl2N3O2. The number of likely N-dealkylation sites (tertiary alicyclic amines) is 1. The van der Waals surface area contributed by atoms with Gasteiger partial charge in [0.1, 0.15) is 0 Å². The Bertz CT molecular complexity index is 483. The van der Waals surface area contributed by atoms with Gasteiger partial charge in [0.25, 0.3) is 5.69 Å². The van der Waals surface area contributed by atoms with E-state index in [1.807, 2.05) is 7.05 Å². The molecule has 0 aromatic heterocycles. The third-order valence-electron chi connectivity index (χ3n) is 3.73. The molecule has 2 rings (SSSR count). The van der Waals surface area contributed by atoms with Crippen LogP contribution < -0.4 is 5.32 Å². The Morgan fingerprint density at radius 1 is 1.52 bits per heavy atom. The first-order valence-electron chi connectivity index (χ1n) is 6.90. The molecule has 0 radical (unpaired) electrons. The highest BCUT2D eigenvalue weighted by atomic mass is 35.5. The monoisotopic (exact) mass is 333 g/mol. The van der Waals surface area contributed by atoms with Crippen molar-refractivity contribution in [3.8, 4) is 0 Å². The third-order valence-corrected chi connectivity index (χ3v) is 3.97. The summed E-state index contributed by atoms with van der Waals surface area (Å²) in [5, 5.41) is 14.7. The first-order chi connectivity index (χ1) is 9.60. The lowest BCUT2D eigenvalue weighted by Gasteiger charge is -2.32. The molecule has 1 aliphatic heterocycles. The van der Waals surface area contributed by atoms with Crippen LogP contribution in [0.5, 0.6) is 0 Å². The number of rotatable bonds is 5. The predicted molar refractivity (Wildman–Crippen MR) is 87.3 cm³/mol. The molecule has 0 saturated carbocycles. The van der Waals surface area contributed by atoms with Crippen LogP contribution in [0.3, 0.4) is 0 Å². The van der Waals surface area contributed by atoms with Crippen LogP contribution >= 0.6 is 24.0 Å². The van der Waals surface area contributed by atoms with Gasteiger partial charge in [-0.05, 0) is 51.0 Å². The van der Waals surface area contributed by atoms with E-state index in [1.165, 1.54) is 12.5 Å². The molecule has 1 heterocycles. The Balaban J connectivity index is 0.00000220. The minimum absolute atomic E-state index is 0. The molecule has 118 valence electrons. The SMILES string of the molecule is CNCC1CCCN(Cc2ccc(Cl)cc2[N+](=O)[O-])C1.Cl. The number of hydrogen-bond donors (Lipinski definition) is 1. The van der Waals surface area contributed by atoms with E-state index >= 15 is 0 Å². The van der Waals surface area contributed by atoms with Crippen molar-refractivity contribution in [1.29, 1.82) is 0 Å². The Morgan fingerprint density at radius 2 is 2.29 bits per heavy atom. The minimum atomic E-state index is -0.351. The first-order valence-corrected chi connectivity index (χ1v) is 7.27. The predicted octanol–water partition coefficient (Wildman–Crippen LogP) is 3.10. The summed E-state index contributed by atoms with van der Waals surface area (Å²) in [4.78, 5) is 13.0. The van der Waals surface area contributed by atoms with Crippen molar-refractivity contribution < 1.29 is 4.92 Å². The lowest BCUT2D eigenvalue weighted by Crippen LogP contribution is -2.38. The fourth-order valence-electron chi connectivity index (χ4n) is 2.83. The maximum atomic E-state index is 11.1. The second-order valence-electron chi connectivity index (χ2n) is 5.33. The number of hydrogen-bond acceptors (Lipinski definition) is 4. The molecule has 1 fully saturated rings. The first kappa shape index (κ1) is 18.2. The Morgan fingerprint density at radius 3 is 2.95 bits per heavy atom. The molecule has 1 N–H and O–H groups in total. The van der Waals surface area contributed by atoms with E-state index in [-0.39, 0.29) is 23.0 Å². The van der Waals surface area contributed by atoms with Crippen LogP contribution in [0.15, 0.2) is 18.2 Å². The highest BCUT2D eigenvalue weighted by Crippen LogP contribution is 2.26. The standard InChI is InChI=1S/C14H20ClN3O2.ClH/c1-16-8-11-3-2-6-17(9-11)10-12-4-5-13(15)7-14(12)18(19)20;/h4-5,7,11,16H,2-3,6,8-10H2,1H3;1H. The van der Waals surface area contributed by atoms with Gasteiger partial charge in [-0.25, -0.2) is 0 Å². The zero-order valence-electron chi connectivity index (χ0n) is 12.0. The normalized spacial score (nSPS) is 19.0. The summed E-state index contributed by atoms with van der Waals surface area (Å²) in [6.07, 6.45) is 2.37. The van der Waals surface area contributed by atoms with Crippen LogP contribution in [-0.2, 0) is 6.54 Å². The van der Waals surface area contributed by atoms with Crippen LogP contribution in [-0.4, -0.2) is 36.5 Å². The average molecular weight is 334 g/mol. The lowest BCUT2D eigenvalue weighted by molar-refractivity contribution is -0.385. The van der Waals surface area contributed by atoms with Crippen molar-refractivity contribution in [3.63, 3.8) is 0 Å². The summed E-state index contributed by atoms with van der Waals surface area (Å²) >= 11 is 5.84. The molecule has 7 heteroatoms. The molecule has 5 nitrogen and oxygen atoms in total. The van der Waals surface area contributed by atoms with Gasteiger partial charge >= 0.3 is 0 Å². The summed E-state index contributed by atoms with van der Waals surface area (Å²) in [5.41, 5.74) is 0.859. The van der Waals surface area contributed by atoms with Gasteiger partial charge < -0.3 is 5.32 Å². The highest BCUT2D eigenvalue weighted by Gasteiger charge is 2.22. The summed E-state index contributed by atoms with van der Waals surface area (Å²) < 4.78 is 0. The third kappa shape index (κ3) is 5.11. The molecule has 0 aliphatic carbocycles. The molecule has 1 saturated heterocycles. The van der Waals surface area contributed by atoms with Crippen LogP contribution in [0.4, 0.5) is 5.69 Å². The van der Waals surface area contributed by atoms with Crippen molar-refractivity contribution in [1.82, 2.24) is 10.2 Å². The molecule has 0 bridgehead atoms. The smallest absolute Gasteiger partial charge is 0.275 e. The number of benzene rings is 1. The molecule has 1 aromatic rings. The minimum Gasteiger partial charge on any atom is -0.319 e. The number of nitro benzene ring substituents is 1. The number of piperidine rings is 1. The van der Waals surface area contributed by atoms with E-state index in [0.29, 0.717) is 17.5 Å². The van der Waals surface area contributed by atoms with Crippen molar-refractivity contribution in [2.45, 2.75) is 19.4 Å². The Hall–Kier alpha value is -0.880. The Kier molecular flexibility index (Phi) is 7.39. The van der Waals surface area contributed by atoms with E-state index < -0.39 is 0 Å². The summed E-state index contributed by atoms with van der Waals surface area (Å²) in [5.74, 6) is 0.625. The number of nitrogens with one attached hydrogen (secondary N) is 1. The van der Waals surface area contributed by atoms with Crippen LogP contribution in [0, 0.1) is 16.0 Å². The maximum absolute atomic E-state index is 11.1. The summed E-state index contributed by atoms with van der Waals surface area (Å²) in [7, 11) is 1.96. The van der Waals surface area contributed by atoms with Crippen molar-refractivity contribution >= 4 is 29.7 Å². The molecule has 21 heavy (non-hydrogen) atoms. The van der Waals surface area contributed by atoms with Gasteiger partial charge in [0.15, 0.2) is 0 Å². The highest BCUT2D eigenvalue weighted by molar-refractivity contribution is 6.30. The second-order valence-corrected chi connectivity index (χ2v) is 5.77. The van der Waals surface area contributed by atoms with E-state index in [4.69, 9.17) is 11.6 Å². The molecule has 1 aromatic carbocycles. The number of nitro groups is 1. The number of halogens is 2. The number of nitrogens with zero attached hydrogens (tertiary/aromatic N) is 2. The maximum Gasteiger partial charge on any atom is 0.275 e. The molecule has 1 aliphatic rings.